The second-order valence-corrected chi connectivity index (χ2v) is 5.83. The van der Waals surface area contributed by atoms with Crippen LogP contribution in [0.1, 0.15) is 43.0 Å². The molecule has 1 fully saturated rings. The first-order valence-electron chi connectivity index (χ1n) is 7.58. The molecule has 0 aliphatic carbocycles. The molecule has 0 saturated carbocycles. The minimum absolute atomic E-state index is 0.202. The third-order valence-corrected chi connectivity index (χ3v) is 4.22. The van der Waals surface area contributed by atoms with Crippen LogP contribution in [0.4, 0.5) is 0 Å². The zero-order valence-electron chi connectivity index (χ0n) is 13.3. The number of nitrogens with one attached hydrogen (secondary N) is 1. The van der Waals surface area contributed by atoms with Gasteiger partial charge in [-0.25, -0.2) is 0 Å². The van der Waals surface area contributed by atoms with Gasteiger partial charge in [-0.3, -0.25) is 0 Å². The number of hydrogen-bond donors (Lipinski definition) is 1. The van der Waals surface area contributed by atoms with Crippen molar-refractivity contribution in [1.82, 2.24) is 5.32 Å². The maximum Gasteiger partial charge on any atom is 0.124 e. The van der Waals surface area contributed by atoms with Crippen LogP contribution < -0.4 is 10.1 Å². The SMILES string of the molecule is CCNC(c1c(C)cc(C)cc1OC)C1OCCC1C. The van der Waals surface area contributed by atoms with Gasteiger partial charge in [0, 0.05) is 12.2 Å². The molecule has 1 aliphatic heterocycles. The number of hydrogen-bond acceptors (Lipinski definition) is 3. The topological polar surface area (TPSA) is 30.5 Å². The van der Waals surface area contributed by atoms with Crippen LogP contribution in [0.2, 0.25) is 0 Å². The standard InChI is InChI=1S/C17H27NO2/c1-6-18-16(17-12(3)7-8-20-17)15-13(4)9-11(2)10-14(15)19-5/h9-10,12,16-18H,6-8H2,1-5H3. The molecule has 1 aliphatic rings. The third-order valence-electron chi connectivity index (χ3n) is 4.22. The summed E-state index contributed by atoms with van der Waals surface area (Å²) in [6, 6.07) is 4.54. The Kier molecular flexibility index (Phi) is 5.06. The second-order valence-electron chi connectivity index (χ2n) is 5.83. The van der Waals surface area contributed by atoms with Crippen LogP contribution in [-0.2, 0) is 4.74 Å². The molecule has 1 heterocycles. The summed E-state index contributed by atoms with van der Waals surface area (Å²) in [7, 11) is 1.75. The lowest BCUT2D eigenvalue weighted by molar-refractivity contribution is 0.0602. The predicted octanol–water partition coefficient (Wildman–Crippen LogP) is 3.39. The summed E-state index contributed by atoms with van der Waals surface area (Å²) in [5.74, 6) is 1.54. The van der Waals surface area contributed by atoms with E-state index in [1.54, 1.807) is 7.11 Å². The Morgan fingerprint density at radius 3 is 2.70 bits per heavy atom. The van der Waals surface area contributed by atoms with Crippen LogP contribution in [0.5, 0.6) is 5.75 Å². The van der Waals surface area contributed by atoms with Crippen LogP contribution in [0.25, 0.3) is 0 Å². The molecule has 2 rings (SSSR count). The van der Waals surface area contributed by atoms with E-state index in [0.717, 1.165) is 25.3 Å². The van der Waals surface area contributed by atoms with Crippen molar-refractivity contribution in [2.45, 2.75) is 46.3 Å². The fraction of sp³-hybridized carbons (Fsp3) is 0.647. The van der Waals surface area contributed by atoms with Crippen LogP contribution in [0.3, 0.4) is 0 Å². The Morgan fingerprint density at radius 1 is 1.40 bits per heavy atom. The lowest BCUT2D eigenvalue weighted by atomic mass is 9.89. The maximum atomic E-state index is 6.00. The summed E-state index contributed by atoms with van der Waals surface area (Å²) in [6.45, 7) is 10.5. The van der Waals surface area contributed by atoms with Crippen molar-refractivity contribution < 1.29 is 9.47 Å². The average molecular weight is 277 g/mol. The fourth-order valence-corrected chi connectivity index (χ4v) is 3.25. The van der Waals surface area contributed by atoms with Gasteiger partial charge in [0.25, 0.3) is 0 Å². The van der Waals surface area contributed by atoms with Crippen molar-refractivity contribution in [3.05, 3.63) is 28.8 Å². The predicted molar refractivity (Wildman–Crippen MR) is 82.4 cm³/mol. The Balaban J connectivity index is 2.43. The number of ether oxygens (including phenoxy) is 2. The molecule has 0 aromatic heterocycles. The van der Waals surface area contributed by atoms with Crippen molar-refractivity contribution in [2.24, 2.45) is 5.92 Å². The molecule has 3 nitrogen and oxygen atoms in total. The lowest BCUT2D eigenvalue weighted by Gasteiger charge is -2.30. The Bertz CT molecular complexity index is 459. The van der Waals surface area contributed by atoms with Gasteiger partial charge < -0.3 is 14.8 Å². The first-order valence-corrected chi connectivity index (χ1v) is 7.58. The van der Waals surface area contributed by atoms with E-state index in [1.807, 2.05) is 0 Å². The number of methoxy groups -OCH3 is 1. The largest absolute Gasteiger partial charge is 0.496 e. The normalized spacial score (nSPS) is 23.9. The molecule has 3 unspecified atom stereocenters. The quantitative estimate of drug-likeness (QED) is 0.895. The molecule has 0 spiro atoms. The highest BCUT2D eigenvalue weighted by molar-refractivity contribution is 5.45. The second kappa shape index (κ2) is 6.59. The zero-order valence-corrected chi connectivity index (χ0v) is 13.3. The Morgan fingerprint density at radius 2 is 2.15 bits per heavy atom. The highest BCUT2D eigenvalue weighted by Gasteiger charge is 2.34. The van der Waals surface area contributed by atoms with E-state index in [1.165, 1.54) is 16.7 Å². The molecule has 0 bridgehead atoms. The summed E-state index contributed by atoms with van der Waals surface area (Å²) in [5.41, 5.74) is 3.76. The first kappa shape index (κ1) is 15.3. The molecule has 0 amide bonds. The van der Waals surface area contributed by atoms with Crippen molar-refractivity contribution in [3.8, 4) is 5.75 Å². The zero-order chi connectivity index (χ0) is 14.7. The minimum Gasteiger partial charge on any atom is -0.496 e. The monoisotopic (exact) mass is 277 g/mol. The molecular weight excluding hydrogens is 250 g/mol. The lowest BCUT2D eigenvalue weighted by Crippen LogP contribution is -2.35. The van der Waals surface area contributed by atoms with E-state index in [4.69, 9.17) is 9.47 Å². The van der Waals surface area contributed by atoms with Gasteiger partial charge >= 0.3 is 0 Å². The van der Waals surface area contributed by atoms with Crippen LogP contribution in [0.15, 0.2) is 12.1 Å². The summed E-state index contributed by atoms with van der Waals surface area (Å²) < 4.78 is 11.6. The van der Waals surface area contributed by atoms with E-state index in [2.05, 4.69) is 45.1 Å². The van der Waals surface area contributed by atoms with Gasteiger partial charge in [-0.15, -0.1) is 0 Å². The number of rotatable bonds is 5. The van der Waals surface area contributed by atoms with Gasteiger partial charge in [-0.2, -0.15) is 0 Å². The smallest absolute Gasteiger partial charge is 0.124 e. The first-order chi connectivity index (χ1) is 9.58. The number of likely N-dealkylation sites (N-methyl/N-ethyl adjacent to an activating group) is 1. The Labute approximate surface area is 122 Å². The summed E-state index contributed by atoms with van der Waals surface area (Å²) >= 11 is 0. The molecule has 1 saturated heterocycles. The Hall–Kier alpha value is -1.06. The average Bonchev–Trinajstić information content (AvgIpc) is 2.82. The van der Waals surface area contributed by atoms with Crippen LogP contribution >= 0.6 is 0 Å². The van der Waals surface area contributed by atoms with Gasteiger partial charge in [-0.05, 0) is 49.9 Å². The summed E-state index contributed by atoms with van der Waals surface area (Å²) in [6.07, 6.45) is 1.37. The molecule has 1 N–H and O–H groups in total. The molecule has 20 heavy (non-hydrogen) atoms. The molecular formula is C17H27NO2. The van der Waals surface area contributed by atoms with Gasteiger partial charge in [0.05, 0.1) is 19.3 Å². The van der Waals surface area contributed by atoms with Crippen molar-refractivity contribution in [1.29, 1.82) is 0 Å². The highest BCUT2D eigenvalue weighted by atomic mass is 16.5. The van der Waals surface area contributed by atoms with Crippen LogP contribution in [-0.4, -0.2) is 26.4 Å². The van der Waals surface area contributed by atoms with Crippen molar-refractivity contribution in [3.63, 3.8) is 0 Å². The van der Waals surface area contributed by atoms with Gasteiger partial charge in [-0.1, -0.05) is 19.9 Å². The van der Waals surface area contributed by atoms with E-state index >= 15 is 0 Å². The third kappa shape index (κ3) is 2.99. The van der Waals surface area contributed by atoms with E-state index < -0.39 is 0 Å². The number of aryl methyl sites for hydroxylation is 2. The minimum atomic E-state index is 0.202. The molecule has 3 atom stereocenters. The summed E-state index contributed by atoms with van der Waals surface area (Å²) in [5, 5.41) is 3.60. The van der Waals surface area contributed by atoms with E-state index in [0.29, 0.717) is 5.92 Å². The molecule has 1 aromatic rings. The maximum absolute atomic E-state index is 6.00. The molecule has 3 heteroatoms. The van der Waals surface area contributed by atoms with Crippen molar-refractivity contribution >= 4 is 0 Å². The molecule has 1 aromatic carbocycles. The van der Waals surface area contributed by atoms with E-state index in [9.17, 15) is 0 Å². The van der Waals surface area contributed by atoms with E-state index in [-0.39, 0.29) is 12.1 Å². The molecule has 0 radical (unpaired) electrons. The van der Waals surface area contributed by atoms with Crippen LogP contribution in [0, 0.1) is 19.8 Å². The number of benzene rings is 1. The highest BCUT2D eigenvalue weighted by Crippen LogP contribution is 2.37. The molecule has 112 valence electrons. The van der Waals surface area contributed by atoms with Gasteiger partial charge in [0.2, 0.25) is 0 Å². The van der Waals surface area contributed by atoms with Gasteiger partial charge in [0.15, 0.2) is 0 Å². The summed E-state index contributed by atoms with van der Waals surface area (Å²) in [4.78, 5) is 0. The van der Waals surface area contributed by atoms with Gasteiger partial charge in [0.1, 0.15) is 5.75 Å². The fourth-order valence-electron chi connectivity index (χ4n) is 3.25. The van der Waals surface area contributed by atoms with Crippen molar-refractivity contribution in [2.75, 3.05) is 20.3 Å².